The number of rotatable bonds is 3. The first kappa shape index (κ1) is 14.6. The van der Waals surface area contributed by atoms with Crippen molar-refractivity contribution in [3.8, 4) is 0 Å². The number of likely N-dealkylation sites (tertiary alicyclic amines) is 1. The molecule has 3 nitrogen and oxygen atoms in total. The van der Waals surface area contributed by atoms with Crippen molar-refractivity contribution < 1.29 is 4.79 Å². The number of hydrogen-bond donors (Lipinski definition) is 1. The van der Waals surface area contributed by atoms with Gasteiger partial charge in [0.05, 0.1) is 6.04 Å². The second kappa shape index (κ2) is 6.18. The summed E-state index contributed by atoms with van der Waals surface area (Å²) >= 11 is 0. The molecule has 0 aromatic heterocycles. The summed E-state index contributed by atoms with van der Waals surface area (Å²) in [7, 11) is 0. The molecule has 2 atom stereocenters. The molecular weight excluding hydrogens is 260 g/mol. The zero-order valence-corrected chi connectivity index (χ0v) is 12.9. The number of nitrogens with two attached hydrogens (primary N) is 1. The lowest BCUT2D eigenvalue weighted by Crippen LogP contribution is -2.41. The van der Waals surface area contributed by atoms with E-state index in [1.807, 2.05) is 0 Å². The van der Waals surface area contributed by atoms with Gasteiger partial charge in [-0.25, -0.2) is 0 Å². The van der Waals surface area contributed by atoms with Crippen LogP contribution in [-0.2, 0) is 11.2 Å². The summed E-state index contributed by atoms with van der Waals surface area (Å²) in [6.07, 6.45) is 7.61. The van der Waals surface area contributed by atoms with Gasteiger partial charge in [-0.05, 0) is 30.4 Å². The highest BCUT2D eigenvalue weighted by molar-refractivity contribution is 5.80. The van der Waals surface area contributed by atoms with E-state index in [0.717, 1.165) is 19.3 Å². The molecule has 114 valence electrons. The average Bonchev–Trinajstić information content (AvgIpc) is 2.82. The zero-order valence-electron chi connectivity index (χ0n) is 12.9. The summed E-state index contributed by atoms with van der Waals surface area (Å²) in [6, 6.07) is 9.08. The average molecular weight is 286 g/mol. The normalized spacial score (nSPS) is 27.3. The van der Waals surface area contributed by atoms with Crippen LogP contribution in [0, 0.1) is 0 Å². The second-order valence-corrected chi connectivity index (χ2v) is 6.50. The molecule has 3 heteroatoms. The third kappa shape index (κ3) is 2.84. The van der Waals surface area contributed by atoms with Gasteiger partial charge in [-0.3, -0.25) is 4.79 Å². The van der Waals surface area contributed by atoms with E-state index in [1.54, 1.807) is 0 Å². The number of aryl methyl sites for hydroxylation is 1. The molecule has 2 aliphatic rings. The Morgan fingerprint density at radius 1 is 1.14 bits per heavy atom. The van der Waals surface area contributed by atoms with Crippen LogP contribution in [0.5, 0.6) is 0 Å². The summed E-state index contributed by atoms with van der Waals surface area (Å²) in [5.41, 5.74) is 8.85. The number of carbonyl (C=O) groups is 1. The van der Waals surface area contributed by atoms with E-state index in [4.69, 9.17) is 5.73 Å². The fraction of sp³-hybridized carbons (Fsp3) is 0.611. The molecule has 1 saturated heterocycles. The summed E-state index contributed by atoms with van der Waals surface area (Å²) in [5.74, 6) is 0.249. The predicted molar refractivity (Wildman–Crippen MR) is 84.9 cm³/mol. The van der Waals surface area contributed by atoms with Gasteiger partial charge in [-0.15, -0.1) is 0 Å². The molecule has 2 N–H and O–H groups in total. The molecule has 1 amide bonds. The van der Waals surface area contributed by atoms with Crippen LogP contribution >= 0.6 is 0 Å². The van der Waals surface area contributed by atoms with E-state index in [-0.39, 0.29) is 18.0 Å². The monoisotopic (exact) mass is 286 g/mol. The Kier molecular flexibility index (Phi) is 4.29. The second-order valence-electron chi connectivity index (χ2n) is 6.50. The Morgan fingerprint density at radius 3 is 2.43 bits per heavy atom. The molecule has 21 heavy (non-hydrogen) atoms. The molecule has 0 spiro atoms. The van der Waals surface area contributed by atoms with Crippen LogP contribution in [0.25, 0.3) is 0 Å². The minimum Gasteiger partial charge on any atom is -0.331 e. The molecular formula is C18H26N2O. The van der Waals surface area contributed by atoms with Crippen molar-refractivity contribution in [2.24, 2.45) is 5.73 Å². The van der Waals surface area contributed by atoms with E-state index in [1.165, 1.54) is 30.4 Å². The van der Waals surface area contributed by atoms with Gasteiger partial charge < -0.3 is 10.6 Å². The van der Waals surface area contributed by atoms with Crippen LogP contribution in [0.2, 0.25) is 0 Å². The van der Waals surface area contributed by atoms with Crippen LogP contribution in [0.15, 0.2) is 24.3 Å². The maximum atomic E-state index is 12.4. The molecule has 1 aliphatic carbocycles. The van der Waals surface area contributed by atoms with Gasteiger partial charge in [-0.2, -0.15) is 0 Å². The standard InChI is InChI=1S/C18H26N2O/c1-2-13-8-10-14(11-9-13)18-16(19)12-17(21)20(18)15-6-4-3-5-7-15/h8-11,15-16,18H,2-7,12,19H2,1H3. The Labute approximate surface area is 127 Å². The van der Waals surface area contributed by atoms with Crippen molar-refractivity contribution in [3.63, 3.8) is 0 Å². The maximum absolute atomic E-state index is 12.4. The van der Waals surface area contributed by atoms with Gasteiger partial charge in [0.1, 0.15) is 0 Å². The van der Waals surface area contributed by atoms with Crippen molar-refractivity contribution in [2.45, 2.75) is 70.0 Å². The number of carbonyl (C=O) groups excluding carboxylic acids is 1. The lowest BCUT2D eigenvalue weighted by atomic mass is 9.92. The number of nitrogens with zero attached hydrogens (tertiary/aromatic N) is 1. The maximum Gasteiger partial charge on any atom is 0.225 e. The topological polar surface area (TPSA) is 46.3 Å². The van der Waals surface area contributed by atoms with E-state index < -0.39 is 0 Å². The van der Waals surface area contributed by atoms with Crippen molar-refractivity contribution in [1.29, 1.82) is 0 Å². The molecule has 1 aromatic rings. The number of amides is 1. The highest BCUT2D eigenvalue weighted by Crippen LogP contribution is 2.37. The van der Waals surface area contributed by atoms with Crippen LogP contribution < -0.4 is 5.73 Å². The predicted octanol–water partition coefficient (Wildman–Crippen LogP) is 3.18. The van der Waals surface area contributed by atoms with Gasteiger partial charge in [-0.1, -0.05) is 50.5 Å². The Hall–Kier alpha value is -1.35. The van der Waals surface area contributed by atoms with E-state index >= 15 is 0 Å². The zero-order chi connectivity index (χ0) is 14.8. The largest absolute Gasteiger partial charge is 0.331 e. The minimum absolute atomic E-state index is 0.0631. The van der Waals surface area contributed by atoms with Gasteiger partial charge in [0.15, 0.2) is 0 Å². The van der Waals surface area contributed by atoms with Crippen molar-refractivity contribution in [2.75, 3.05) is 0 Å². The van der Waals surface area contributed by atoms with Crippen molar-refractivity contribution in [1.82, 2.24) is 4.90 Å². The lowest BCUT2D eigenvalue weighted by Gasteiger charge is -2.37. The first-order valence-corrected chi connectivity index (χ1v) is 8.36. The van der Waals surface area contributed by atoms with Crippen LogP contribution in [-0.4, -0.2) is 22.9 Å². The third-order valence-electron chi connectivity index (χ3n) is 5.10. The molecule has 0 bridgehead atoms. The van der Waals surface area contributed by atoms with Gasteiger partial charge in [0.2, 0.25) is 5.91 Å². The smallest absolute Gasteiger partial charge is 0.225 e. The van der Waals surface area contributed by atoms with Crippen molar-refractivity contribution in [3.05, 3.63) is 35.4 Å². The summed E-state index contributed by atoms with van der Waals surface area (Å²) in [5, 5.41) is 0. The number of benzene rings is 1. The Morgan fingerprint density at radius 2 is 1.81 bits per heavy atom. The molecule has 3 rings (SSSR count). The van der Waals surface area contributed by atoms with Gasteiger partial charge in [0, 0.05) is 18.5 Å². The van der Waals surface area contributed by atoms with Gasteiger partial charge >= 0.3 is 0 Å². The molecule has 1 aromatic carbocycles. The lowest BCUT2D eigenvalue weighted by molar-refractivity contribution is -0.132. The first-order valence-electron chi connectivity index (χ1n) is 8.36. The number of hydrogen-bond acceptors (Lipinski definition) is 2. The van der Waals surface area contributed by atoms with Crippen LogP contribution in [0.4, 0.5) is 0 Å². The minimum atomic E-state index is -0.0631. The van der Waals surface area contributed by atoms with E-state index in [2.05, 4.69) is 36.1 Å². The van der Waals surface area contributed by atoms with E-state index in [9.17, 15) is 4.79 Å². The molecule has 2 fully saturated rings. The molecule has 2 unspecified atom stereocenters. The van der Waals surface area contributed by atoms with Crippen LogP contribution in [0.1, 0.15) is 62.6 Å². The third-order valence-corrected chi connectivity index (χ3v) is 5.10. The Balaban J connectivity index is 1.86. The summed E-state index contributed by atoms with van der Waals surface area (Å²) < 4.78 is 0. The highest BCUT2D eigenvalue weighted by atomic mass is 16.2. The molecule has 1 aliphatic heterocycles. The Bertz CT molecular complexity index is 490. The van der Waals surface area contributed by atoms with Crippen LogP contribution in [0.3, 0.4) is 0 Å². The van der Waals surface area contributed by atoms with E-state index in [0.29, 0.717) is 12.5 Å². The molecule has 1 heterocycles. The quantitative estimate of drug-likeness (QED) is 0.927. The summed E-state index contributed by atoms with van der Waals surface area (Å²) in [4.78, 5) is 14.6. The van der Waals surface area contributed by atoms with Gasteiger partial charge in [0.25, 0.3) is 0 Å². The highest BCUT2D eigenvalue weighted by Gasteiger charge is 2.42. The van der Waals surface area contributed by atoms with Crippen molar-refractivity contribution >= 4 is 5.91 Å². The molecule has 0 radical (unpaired) electrons. The molecule has 1 saturated carbocycles. The first-order chi connectivity index (χ1) is 10.2. The summed E-state index contributed by atoms with van der Waals surface area (Å²) in [6.45, 7) is 2.16. The fourth-order valence-electron chi connectivity index (χ4n) is 3.93. The SMILES string of the molecule is CCc1ccc(C2C(N)CC(=O)N2C2CCCCC2)cc1. The fourth-order valence-corrected chi connectivity index (χ4v) is 3.93.